The first-order valence-corrected chi connectivity index (χ1v) is 8.06. The summed E-state index contributed by atoms with van der Waals surface area (Å²) in [6.45, 7) is 0.457. The first kappa shape index (κ1) is 20.6. The Morgan fingerprint density at radius 2 is 2.04 bits per heavy atom. The largest absolute Gasteiger partial charge is 0.494 e. The Hall–Kier alpha value is -2.75. The van der Waals surface area contributed by atoms with Crippen LogP contribution in [0, 0.1) is 5.82 Å². The zero-order valence-electron chi connectivity index (χ0n) is 15.1. The van der Waals surface area contributed by atoms with Crippen LogP contribution in [0.4, 0.5) is 23.8 Å². The Morgan fingerprint density at radius 1 is 1.30 bits per heavy atom. The molecule has 0 spiro atoms. The second kappa shape index (κ2) is 9.26. The summed E-state index contributed by atoms with van der Waals surface area (Å²) in [5.74, 6) is -0.542. The average Bonchev–Trinajstić information content (AvgIpc) is 2.97. The Bertz CT molecular complexity index is 783. The van der Waals surface area contributed by atoms with Gasteiger partial charge >= 0.3 is 6.03 Å². The number of hydrogen-bond acceptors (Lipinski definition) is 4. The molecule has 0 aliphatic carbocycles. The summed E-state index contributed by atoms with van der Waals surface area (Å²) >= 11 is 0. The molecule has 1 heterocycles. The molecule has 2 rings (SSSR count). The summed E-state index contributed by atoms with van der Waals surface area (Å²) in [6, 6.07) is 2.46. The van der Waals surface area contributed by atoms with E-state index in [0.717, 1.165) is 6.07 Å². The number of nitrogens with one attached hydrogen (secondary N) is 2. The highest BCUT2D eigenvalue weighted by Gasteiger charge is 2.26. The number of benzene rings is 1. The minimum atomic E-state index is -2.94. The minimum Gasteiger partial charge on any atom is -0.494 e. The van der Waals surface area contributed by atoms with Gasteiger partial charge in [-0.3, -0.25) is 10.00 Å². The van der Waals surface area contributed by atoms with Crippen LogP contribution in [-0.2, 0) is 18.2 Å². The van der Waals surface area contributed by atoms with Crippen molar-refractivity contribution in [2.75, 3.05) is 26.1 Å². The normalized spacial score (nSPS) is 12.1. The molecule has 0 aliphatic heterocycles. The van der Waals surface area contributed by atoms with Gasteiger partial charge in [0.2, 0.25) is 0 Å². The maximum absolute atomic E-state index is 13.8. The van der Waals surface area contributed by atoms with Crippen molar-refractivity contribution in [2.45, 2.75) is 18.9 Å². The summed E-state index contributed by atoms with van der Waals surface area (Å²) in [5, 5.41) is 8.80. The van der Waals surface area contributed by atoms with Crippen LogP contribution in [0.2, 0.25) is 0 Å². The van der Waals surface area contributed by atoms with Crippen LogP contribution in [0.5, 0.6) is 5.75 Å². The van der Waals surface area contributed by atoms with Crippen molar-refractivity contribution in [3.8, 4) is 5.75 Å². The molecule has 7 nitrogen and oxygen atoms in total. The maximum atomic E-state index is 13.8. The highest BCUT2D eigenvalue weighted by Crippen LogP contribution is 2.26. The number of anilines is 1. The number of carbonyl (C=O) groups excluding carboxylic acids is 1. The second-order valence-electron chi connectivity index (χ2n) is 5.69. The van der Waals surface area contributed by atoms with Crippen LogP contribution in [0.15, 0.2) is 24.3 Å². The Labute approximate surface area is 154 Å². The third kappa shape index (κ3) is 5.36. The lowest BCUT2D eigenvalue weighted by molar-refractivity contribution is 0.102. The van der Waals surface area contributed by atoms with E-state index in [1.54, 1.807) is 20.2 Å². The van der Waals surface area contributed by atoms with Crippen molar-refractivity contribution in [1.82, 2.24) is 15.1 Å². The standard InChI is InChI=1S/C17H21F3N4O3/c1-24-14(9-11(23-24)6-7-26-2)21-17(25)22-15(16(19)20)10-4-5-13(27-3)12(18)8-10/h4-5,8-9,15-16H,6-7H2,1-3H3,(H2,21,22,25). The zero-order valence-corrected chi connectivity index (χ0v) is 15.1. The van der Waals surface area contributed by atoms with E-state index in [4.69, 9.17) is 9.47 Å². The van der Waals surface area contributed by atoms with Gasteiger partial charge in [-0.2, -0.15) is 5.10 Å². The number of hydrogen-bond donors (Lipinski definition) is 2. The lowest BCUT2D eigenvalue weighted by atomic mass is 10.1. The molecule has 148 valence electrons. The van der Waals surface area contributed by atoms with Gasteiger partial charge in [-0.05, 0) is 17.7 Å². The van der Waals surface area contributed by atoms with Gasteiger partial charge in [0, 0.05) is 26.6 Å². The van der Waals surface area contributed by atoms with Crippen molar-refractivity contribution >= 4 is 11.8 Å². The van der Waals surface area contributed by atoms with Gasteiger partial charge in [0.05, 0.1) is 19.4 Å². The van der Waals surface area contributed by atoms with Gasteiger partial charge in [0.25, 0.3) is 6.43 Å². The fourth-order valence-corrected chi connectivity index (χ4v) is 2.43. The van der Waals surface area contributed by atoms with Crippen LogP contribution in [0.25, 0.3) is 0 Å². The Kier molecular flexibility index (Phi) is 7.05. The van der Waals surface area contributed by atoms with E-state index < -0.39 is 24.3 Å². The molecule has 0 aliphatic rings. The first-order chi connectivity index (χ1) is 12.8. The molecule has 0 saturated heterocycles. The number of ether oxygens (including phenoxy) is 2. The van der Waals surface area contributed by atoms with E-state index in [1.165, 1.54) is 23.9 Å². The lowest BCUT2D eigenvalue weighted by Crippen LogP contribution is -2.36. The van der Waals surface area contributed by atoms with Crippen LogP contribution < -0.4 is 15.4 Å². The summed E-state index contributed by atoms with van der Waals surface area (Å²) in [7, 11) is 4.43. The van der Waals surface area contributed by atoms with E-state index in [9.17, 15) is 18.0 Å². The number of rotatable bonds is 8. The number of halogens is 3. The zero-order chi connectivity index (χ0) is 20.0. The van der Waals surface area contributed by atoms with Crippen molar-refractivity contribution in [1.29, 1.82) is 0 Å². The predicted octanol–water partition coefficient (Wildman–Crippen LogP) is 2.88. The molecule has 0 radical (unpaired) electrons. The number of aryl methyl sites for hydroxylation is 1. The quantitative estimate of drug-likeness (QED) is 0.731. The van der Waals surface area contributed by atoms with E-state index in [1.807, 2.05) is 0 Å². The molecule has 1 aromatic heterocycles. The molecule has 2 N–H and O–H groups in total. The highest BCUT2D eigenvalue weighted by molar-refractivity contribution is 5.88. The number of carbonyl (C=O) groups is 1. The molecular formula is C17H21F3N4O3. The van der Waals surface area contributed by atoms with Crippen LogP contribution in [0.1, 0.15) is 17.3 Å². The third-order valence-electron chi connectivity index (χ3n) is 3.81. The SMILES string of the molecule is COCCc1cc(NC(=O)NC(c2ccc(OC)c(F)c2)C(F)F)n(C)n1. The molecule has 2 amide bonds. The highest BCUT2D eigenvalue weighted by atomic mass is 19.3. The molecule has 1 unspecified atom stereocenters. The molecule has 27 heavy (non-hydrogen) atoms. The van der Waals surface area contributed by atoms with Crippen LogP contribution in [-0.4, -0.2) is 43.1 Å². The Balaban J connectivity index is 2.09. The van der Waals surface area contributed by atoms with Gasteiger partial charge in [-0.15, -0.1) is 0 Å². The molecule has 1 atom stereocenters. The number of urea groups is 1. The van der Waals surface area contributed by atoms with E-state index in [-0.39, 0.29) is 11.3 Å². The number of alkyl halides is 2. The smallest absolute Gasteiger partial charge is 0.321 e. The number of aromatic nitrogens is 2. The van der Waals surface area contributed by atoms with E-state index in [0.29, 0.717) is 24.5 Å². The first-order valence-electron chi connectivity index (χ1n) is 8.06. The van der Waals surface area contributed by atoms with Gasteiger partial charge < -0.3 is 14.8 Å². The van der Waals surface area contributed by atoms with Gasteiger partial charge in [-0.25, -0.2) is 18.0 Å². The number of nitrogens with zero attached hydrogens (tertiary/aromatic N) is 2. The third-order valence-corrected chi connectivity index (χ3v) is 3.81. The molecular weight excluding hydrogens is 365 g/mol. The molecule has 2 aromatic rings. The topological polar surface area (TPSA) is 77.4 Å². The molecule has 10 heteroatoms. The van der Waals surface area contributed by atoms with Crippen LogP contribution >= 0.6 is 0 Å². The van der Waals surface area contributed by atoms with Crippen molar-refractivity contribution in [3.63, 3.8) is 0 Å². The summed E-state index contributed by atoms with van der Waals surface area (Å²) in [6.07, 6.45) is -2.40. The number of amides is 2. The fourth-order valence-electron chi connectivity index (χ4n) is 2.43. The van der Waals surface area contributed by atoms with Crippen molar-refractivity contribution in [2.24, 2.45) is 7.05 Å². The van der Waals surface area contributed by atoms with E-state index >= 15 is 0 Å². The second-order valence-corrected chi connectivity index (χ2v) is 5.69. The molecule has 0 saturated carbocycles. The monoisotopic (exact) mass is 386 g/mol. The molecule has 1 aromatic carbocycles. The van der Waals surface area contributed by atoms with Gasteiger partial charge in [-0.1, -0.05) is 6.07 Å². The van der Waals surface area contributed by atoms with Crippen molar-refractivity contribution < 1.29 is 27.4 Å². The number of methoxy groups -OCH3 is 2. The average molecular weight is 386 g/mol. The Morgan fingerprint density at radius 3 is 2.63 bits per heavy atom. The fraction of sp³-hybridized carbons (Fsp3) is 0.412. The summed E-state index contributed by atoms with van der Waals surface area (Å²) in [5.41, 5.74) is 0.599. The predicted molar refractivity (Wildman–Crippen MR) is 92.6 cm³/mol. The molecule has 0 fully saturated rings. The summed E-state index contributed by atoms with van der Waals surface area (Å²) in [4.78, 5) is 12.1. The van der Waals surface area contributed by atoms with Crippen molar-refractivity contribution in [3.05, 3.63) is 41.3 Å². The van der Waals surface area contributed by atoms with Gasteiger partial charge in [0.1, 0.15) is 11.9 Å². The minimum absolute atomic E-state index is 0.0744. The van der Waals surface area contributed by atoms with E-state index in [2.05, 4.69) is 15.7 Å². The lowest BCUT2D eigenvalue weighted by Gasteiger charge is -2.19. The van der Waals surface area contributed by atoms with Crippen LogP contribution in [0.3, 0.4) is 0 Å². The van der Waals surface area contributed by atoms with Gasteiger partial charge in [0.15, 0.2) is 11.6 Å². The molecule has 0 bridgehead atoms. The summed E-state index contributed by atoms with van der Waals surface area (Å²) < 4.78 is 51.7. The maximum Gasteiger partial charge on any atom is 0.321 e.